The lowest BCUT2D eigenvalue weighted by atomic mass is 10.1. The van der Waals surface area contributed by atoms with Crippen molar-refractivity contribution in [3.05, 3.63) is 64.1 Å². The van der Waals surface area contributed by atoms with Crippen LogP contribution in [0, 0.1) is 0 Å². The maximum absolute atomic E-state index is 12.5. The number of hydrogen-bond donors (Lipinski definition) is 1. The molecule has 3 rings (SSSR count). The second kappa shape index (κ2) is 8.78. The number of hydrogen-bond acceptors (Lipinski definition) is 4. The van der Waals surface area contributed by atoms with E-state index in [4.69, 9.17) is 4.74 Å². The number of nitrogens with one attached hydrogen (secondary N) is 1. The molecular formula is C20H25N3O3. The largest absolute Gasteiger partial charge is 0.379 e. The van der Waals surface area contributed by atoms with Crippen LogP contribution in [0.5, 0.6) is 0 Å². The Morgan fingerprint density at radius 2 is 1.81 bits per heavy atom. The highest BCUT2D eigenvalue weighted by Crippen LogP contribution is 2.11. The number of ether oxygens (including phenoxy) is 1. The normalized spacial score (nSPS) is 15.0. The summed E-state index contributed by atoms with van der Waals surface area (Å²) < 4.78 is 6.94. The Labute approximate surface area is 153 Å². The van der Waals surface area contributed by atoms with Crippen molar-refractivity contribution in [3.8, 4) is 0 Å². The molecule has 1 saturated heterocycles. The minimum atomic E-state index is -0.214. The summed E-state index contributed by atoms with van der Waals surface area (Å²) in [4.78, 5) is 26.8. The summed E-state index contributed by atoms with van der Waals surface area (Å²) in [5.41, 5.74) is 2.35. The Morgan fingerprint density at radius 3 is 2.50 bits per heavy atom. The highest BCUT2D eigenvalue weighted by molar-refractivity contribution is 6.04. The van der Waals surface area contributed by atoms with Gasteiger partial charge in [0.25, 0.3) is 11.5 Å². The van der Waals surface area contributed by atoms with Crippen LogP contribution in [-0.4, -0.2) is 48.2 Å². The molecule has 1 aromatic heterocycles. The Hall–Kier alpha value is -2.44. The lowest BCUT2D eigenvalue weighted by molar-refractivity contribution is 0.0363. The fourth-order valence-corrected chi connectivity index (χ4v) is 2.94. The molecule has 0 radical (unpaired) electrons. The molecule has 26 heavy (non-hydrogen) atoms. The Bertz CT molecular complexity index is 793. The van der Waals surface area contributed by atoms with Gasteiger partial charge in [0.1, 0.15) is 0 Å². The van der Waals surface area contributed by atoms with Crippen molar-refractivity contribution >= 4 is 11.6 Å². The van der Waals surface area contributed by atoms with Gasteiger partial charge in [-0.1, -0.05) is 19.1 Å². The van der Waals surface area contributed by atoms with E-state index in [0.717, 1.165) is 45.0 Å². The van der Waals surface area contributed by atoms with Crippen LogP contribution < -0.4 is 10.9 Å². The van der Waals surface area contributed by atoms with E-state index < -0.39 is 0 Å². The first-order valence-electron chi connectivity index (χ1n) is 9.06. The predicted octanol–water partition coefficient (Wildman–Crippen LogP) is 2.00. The van der Waals surface area contributed by atoms with Gasteiger partial charge in [0.15, 0.2) is 0 Å². The van der Waals surface area contributed by atoms with E-state index in [1.807, 2.05) is 24.3 Å². The number of rotatable bonds is 6. The second-order valence-electron chi connectivity index (χ2n) is 6.41. The van der Waals surface area contributed by atoms with Crippen LogP contribution in [0.25, 0.3) is 0 Å². The second-order valence-corrected chi connectivity index (χ2v) is 6.41. The fraction of sp³-hybridized carbons (Fsp3) is 0.400. The van der Waals surface area contributed by atoms with Crippen LogP contribution in [0.1, 0.15) is 22.8 Å². The molecule has 0 bridgehead atoms. The lowest BCUT2D eigenvalue weighted by Crippen LogP contribution is -2.39. The van der Waals surface area contributed by atoms with Crippen molar-refractivity contribution in [3.63, 3.8) is 0 Å². The van der Waals surface area contributed by atoms with Gasteiger partial charge in [0.2, 0.25) is 0 Å². The number of nitrogens with zero attached hydrogens (tertiary/aromatic N) is 2. The molecule has 1 aromatic carbocycles. The van der Waals surface area contributed by atoms with Crippen LogP contribution in [-0.2, 0) is 17.7 Å². The summed E-state index contributed by atoms with van der Waals surface area (Å²) in [5, 5.41) is 2.88. The maximum Gasteiger partial charge on any atom is 0.257 e. The fourth-order valence-electron chi connectivity index (χ4n) is 2.94. The first-order valence-corrected chi connectivity index (χ1v) is 9.06. The van der Waals surface area contributed by atoms with E-state index in [-0.39, 0.29) is 11.5 Å². The van der Waals surface area contributed by atoms with E-state index >= 15 is 0 Å². The van der Waals surface area contributed by atoms with Crippen molar-refractivity contribution in [1.29, 1.82) is 0 Å². The third kappa shape index (κ3) is 4.80. The number of amides is 1. The number of aromatic nitrogens is 1. The van der Waals surface area contributed by atoms with Gasteiger partial charge >= 0.3 is 0 Å². The number of aryl methyl sites for hydroxylation is 1. The minimum absolute atomic E-state index is 0.0953. The van der Waals surface area contributed by atoms with Gasteiger partial charge in [-0.3, -0.25) is 14.5 Å². The lowest BCUT2D eigenvalue weighted by Gasteiger charge is -2.26. The SMILES string of the molecule is CCc1ccc(NC(=O)c2ccc(=O)n(CCN3CCOCC3)c2)cc1. The highest BCUT2D eigenvalue weighted by atomic mass is 16.5. The number of carbonyl (C=O) groups excluding carboxylic acids is 1. The minimum Gasteiger partial charge on any atom is -0.379 e. The van der Waals surface area contributed by atoms with E-state index in [1.165, 1.54) is 11.6 Å². The third-order valence-electron chi connectivity index (χ3n) is 4.63. The molecule has 0 atom stereocenters. The van der Waals surface area contributed by atoms with Gasteiger partial charge in [-0.2, -0.15) is 0 Å². The van der Waals surface area contributed by atoms with E-state index in [2.05, 4.69) is 17.1 Å². The number of anilines is 1. The van der Waals surface area contributed by atoms with Crippen molar-refractivity contribution in [2.24, 2.45) is 0 Å². The summed E-state index contributed by atoms with van der Waals surface area (Å²) >= 11 is 0. The van der Waals surface area contributed by atoms with Gasteiger partial charge in [0.05, 0.1) is 18.8 Å². The standard InChI is InChI=1S/C20H25N3O3/c1-2-16-3-6-18(7-4-16)21-20(25)17-5-8-19(24)23(15-17)10-9-22-11-13-26-14-12-22/h3-8,15H,2,9-14H2,1H3,(H,21,25). The van der Waals surface area contributed by atoms with Gasteiger partial charge in [0, 0.05) is 44.1 Å². The van der Waals surface area contributed by atoms with Crippen LogP contribution in [0.3, 0.4) is 0 Å². The van der Waals surface area contributed by atoms with E-state index in [1.54, 1.807) is 16.8 Å². The van der Waals surface area contributed by atoms with Crippen molar-refractivity contribution < 1.29 is 9.53 Å². The van der Waals surface area contributed by atoms with Crippen LogP contribution >= 0.6 is 0 Å². The topological polar surface area (TPSA) is 63.6 Å². The molecule has 0 saturated carbocycles. The average Bonchev–Trinajstić information content (AvgIpc) is 2.68. The molecule has 1 N–H and O–H groups in total. The number of benzene rings is 1. The summed E-state index contributed by atoms with van der Waals surface area (Å²) in [6, 6.07) is 10.8. The van der Waals surface area contributed by atoms with Crippen LogP contribution in [0.15, 0.2) is 47.4 Å². The number of carbonyl (C=O) groups is 1. The first-order chi connectivity index (χ1) is 12.7. The zero-order chi connectivity index (χ0) is 18.4. The van der Waals surface area contributed by atoms with Gasteiger partial charge < -0.3 is 14.6 Å². The molecule has 6 heteroatoms. The monoisotopic (exact) mass is 355 g/mol. The zero-order valence-corrected chi connectivity index (χ0v) is 15.1. The molecule has 1 aliphatic rings. The van der Waals surface area contributed by atoms with Crippen molar-refractivity contribution in [2.75, 3.05) is 38.2 Å². The summed E-state index contributed by atoms with van der Waals surface area (Å²) in [6.45, 7) is 6.64. The molecular weight excluding hydrogens is 330 g/mol. The molecule has 1 aliphatic heterocycles. The molecule has 138 valence electrons. The molecule has 1 fully saturated rings. The average molecular weight is 355 g/mol. The van der Waals surface area contributed by atoms with Crippen molar-refractivity contribution in [2.45, 2.75) is 19.9 Å². The smallest absolute Gasteiger partial charge is 0.257 e. The highest BCUT2D eigenvalue weighted by Gasteiger charge is 2.12. The Morgan fingerprint density at radius 1 is 1.08 bits per heavy atom. The number of pyridine rings is 1. The Kier molecular flexibility index (Phi) is 6.20. The zero-order valence-electron chi connectivity index (χ0n) is 15.1. The summed E-state index contributed by atoms with van der Waals surface area (Å²) in [7, 11) is 0. The number of morpholine rings is 1. The third-order valence-corrected chi connectivity index (χ3v) is 4.63. The van der Waals surface area contributed by atoms with E-state index in [0.29, 0.717) is 12.1 Å². The maximum atomic E-state index is 12.5. The van der Waals surface area contributed by atoms with Crippen LogP contribution in [0.4, 0.5) is 5.69 Å². The molecule has 2 heterocycles. The molecule has 2 aromatic rings. The van der Waals surface area contributed by atoms with Crippen molar-refractivity contribution in [1.82, 2.24) is 9.47 Å². The van der Waals surface area contributed by atoms with E-state index in [9.17, 15) is 9.59 Å². The molecule has 0 aliphatic carbocycles. The predicted molar refractivity (Wildman–Crippen MR) is 102 cm³/mol. The van der Waals surface area contributed by atoms with Gasteiger partial charge in [-0.15, -0.1) is 0 Å². The quantitative estimate of drug-likeness (QED) is 0.861. The molecule has 1 amide bonds. The molecule has 0 spiro atoms. The molecule has 6 nitrogen and oxygen atoms in total. The summed E-state index contributed by atoms with van der Waals surface area (Å²) in [6.07, 6.45) is 2.60. The van der Waals surface area contributed by atoms with Crippen LogP contribution in [0.2, 0.25) is 0 Å². The summed E-state index contributed by atoms with van der Waals surface area (Å²) in [5.74, 6) is -0.214. The molecule has 0 unspecified atom stereocenters. The van der Waals surface area contributed by atoms with Gasteiger partial charge in [-0.25, -0.2) is 0 Å². The Balaban J connectivity index is 1.65. The first kappa shape index (κ1) is 18.4. The van der Waals surface area contributed by atoms with Gasteiger partial charge in [-0.05, 0) is 30.2 Å².